The summed E-state index contributed by atoms with van der Waals surface area (Å²) in [4.78, 5) is 0. The van der Waals surface area contributed by atoms with E-state index in [0.29, 0.717) is 0 Å². The van der Waals surface area contributed by atoms with E-state index >= 15 is 0 Å². The SMILES string of the molecule is CC1=CC(C)(C)OC2=C1[C@@H](c1cc(F)cc(Br)c1)CC=C2. The number of ether oxygens (including phenoxy) is 1. The average molecular weight is 349 g/mol. The highest BCUT2D eigenvalue weighted by atomic mass is 79.9. The third-order valence-corrected chi connectivity index (χ3v) is 4.36. The Morgan fingerprint density at radius 3 is 2.76 bits per heavy atom. The van der Waals surface area contributed by atoms with Crippen molar-refractivity contribution >= 4 is 15.9 Å². The highest BCUT2D eigenvalue weighted by Gasteiger charge is 2.32. The predicted molar refractivity (Wildman–Crippen MR) is 86.5 cm³/mol. The molecule has 1 aliphatic heterocycles. The molecule has 0 N–H and O–H groups in total. The molecule has 0 bridgehead atoms. The van der Waals surface area contributed by atoms with Crippen molar-refractivity contribution < 1.29 is 9.13 Å². The molecular formula is C18H18BrFO. The zero-order chi connectivity index (χ0) is 15.2. The Morgan fingerprint density at radius 1 is 1.29 bits per heavy atom. The fraction of sp³-hybridized carbons (Fsp3) is 0.333. The summed E-state index contributed by atoms with van der Waals surface area (Å²) in [5, 5.41) is 0. The lowest BCUT2D eigenvalue weighted by Crippen LogP contribution is -2.28. The zero-order valence-corrected chi connectivity index (χ0v) is 14.0. The number of benzene rings is 1. The van der Waals surface area contributed by atoms with E-state index < -0.39 is 0 Å². The van der Waals surface area contributed by atoms with Crippen LogP contribution in [0.5, 0.6) is 0 Å². The molecule has 0 radical (unpaired) electrons. The van der Waals surface area contributed by atoms with Crippen LogP contribution in [0.2, 0.25) is 0 Å². The molecule has 0 saturated heterocycles. The lowest BCUT2D eigenvalue weighted by atomic mass is 9.79. The third-order valence-electron chi connectivity index (χ3n) is 3.90. The summed E-state index contributed by atoms with van der Waals surface area (Å²) in [5.41, 5.74) is 3.08. The molecule has 21 heavy (non-hydrogen) atoms. The maximum atomic E-state index is 13.7. The number of halogens is 2. The van der Waals surface area contributed by atoms with Gasteiger partial charge in [0.25, 0.3) is 0 Å². The molecule has 1 aromatic carbocycles. The van der Waals surface area contributed by atoms with Crippen LogP contribution in [0.15, 0.2) is 57.8 Å². The van der Waals surface area contributed by atoms with Crippen LogP contribution in [-0.2, 0) is 4.74 Å². The van der Waals surface area contributed by atoms with Crippen molar-refractivity contribution in [1.29, 1.82) is 0 Å². The van der Waals surface area contributed by atoms with Gasteiger partial charge in [0.2, 0.25) is 0 Å². The van der Waals surface area contributed by atoms with Gasteiger partial charge >= 0.3 is 0 Å². The Hall–Kier alpha value is -1.35. The first-order valence-electron chi connectivity index (χ1n) is 7.11. The van der Waals surface area contributed by atoms with Gasteiger partial charge in [-0.3, -0.25) is 0 Å². The first-order chi connectivity index (χ1) is 9.85. The van der Waals surface area contributed by atoms with E-state index in [1.165, 1.54) is 17.2 Å². The highest BCUT2D eigenvalue weighted by molar-refractivity contribution is 9.10. The van der Waals surface area contributed by atoms with Crippen molar-refractivity contribution in [2.24, 2.45) is 0 Å². The monoisotopic (exact) mass is 348 g/mol. The molecule has 1 heterocycles. The molecule has 0 amide bonds. The Morgan fingerprint density at radius 2 is 2.05 bits per heavy atom. The molecule has 0 saturated carbocycles. The summed E-state index contributed by atoms with van der Waals surface area (Å²) in [7, 11) is 0. The van der Waals surface area contributed by atoms with Gasteiger partial charge in [0, 0.05) is 16.0 Å². The average Bonchev–Trinajstić information content (AvgIpc) is 2.35. The molecule has 0 unspecified atom stereocenters. The summed E-state index contributed by atoms with van der Waals surface area (Å²) in [6.07, 6.45) is 7.16. The van der Waals surface area contributed by atoms with Gasteiger partial charge in [-0.15, -0.1) is 0 Å². The molecule has 1 aromatic rings. The minimum absolute atomic E-state index is 0.143. The van der Waals surface area contributed by atoms with Crippen LogP contribution in [0.1, 0.15) is 38.7 Å². The quantitative estimate of drug-likeness (QED) is 0.637. The molecule has 0 spiro atoms. The van der Waals surface area contributed by atoms with Gasteiger partial charge < -0.3 is 4.74 Å². The van der Waals surface area contributed by atoms with E-state index in [1.807, 2.05) is 12.1 Å². The summed E-state index contributed by atoms with van der Waals surface area (Å²) in [5.74, 6) is 0.843. The second-order valence-electron chi connectivity index (χ2n) is 6.20. The van der Waals surface area contributed by atoms with Gasteiger partial charge in [-0.2, -0.15) is 0 Å². The van der Waals surface area contributed by atoms with E-state index in [4.69, 9.17) is 4.74 Å². The topological polar surface area (TPSA) is 9.23 Å². The van der Waals surface area contributed by atoms with Crippen LogP contribution >= 0.6 is 15.9 Å². The van der Waals surface area contributed by atoms with Crippen LogP contribution in [0.25, 0.3) is 0 Å². The van der Waals surface area contributed by atoms with Crippen LogP contribution < -0.4 is 0 Å². The number of hydrogen-bond acceptors (Lipinski definition) is 1. The van der Waals surface area contributed by atoms with Gasteiger partial charge in [-0.05, 0) is 68.7 Å². The molecular weight excluding hydrogens is 331 g/mol. The number of hydrogen-bond donors (Lipinski definition) is 0. The predicted octanol–water partition coefficient (Wildman–Crippen LogP) is 5.64. The highest BCUT2D eigenvalue weighted by Crippen LogP contribution is 2.43. The van der Waals surface area contributed by atoms with Crippen molar-refractivity contribution in [1.82, 2.24) is 0 Å². The Balaban J connectivity index is 2.08. The van der Waals surface area contributed by atoms with Crippen molar-refractivity contribution in [3.05, 3.63) is 69.2 Å². The maximum Gasteiger partial charge on any atom is 0.124 e. The molecule has 0 aromatic heterocycles. The Bertz CT molecular complexity index is 662. The zero-order valence-electron chi connectivity index (χ0n) is 12.4. The Kier molecular flexibility index (Phi) is 3.56. The third kappa shape index (κ3) is 2.84. The summed E-state index contributed by atoms with van der Waals surface area (Å²) < 4.78 is 20.6. The first kappa shape index (κ1) is 14.6. The smallest absolute Gasteiger partial charge is 0.124 e. The van der Waals surface area contributed by atoms with E-state index in [0.717, 1.165) is 22.2 Å². The summed E-state index contributed by atoms with van der Waals surface area (Å²) >= 11 is 3.38. The fourth-order valence-corrected chi connectivity index (χ4v) is 3.72. The molecule has 110 valence electrons. The standard InChI is InChI=1S/C18H18BrFO/c1-11-10-18(2,3)21-16-6-4-5-15(17(11)16)12-7-13(19)9-14(20)8-12/h4,6-10,15H,5H2,1-3H3/t15-/m1/s1. The van der Waals surface area contributed by atoms with Crippen molar-refractivity contribution in [2.75, 3.05) is 0 Å². The van der Waals surface area contributed by atoms with E-state index in [9.17, 15) is 4.39 Å². The number of rotatable bonds is 1. The summed E-state index contributed by atoms with van der Waals surface area (Å²) in [6, 6.07) is 5.09. The van der Waals surface area contributed by atoms with E-state index in [2.05, 4.69) is 48.9 Å². The molecule has 2 aliphatic rings. The van der Waals surface area contributed by atoms with Gasteiger partial charge in [0.05, 0.1) is 0 Å². The molecule has 3 heteroatoms. The molecule has 1 nitrogen and oxygen atoms in total. The lowest BCUT2D eigenvalue weighted by Gasteiger charge is -2.36. The lowest BCUT2D eigenvalue weighted by molar-refractivity contribution is 0.0777. The van der Waals surface area contributed by atoms with Gasteiger partial charge in [-0.25, -0.2) is 4.39 Å². The van der Waals surface area contributed by atoms with Crippen molar-refractivity contribution in [3.63, 3.8) is 0 Å². The van der Waals surface area contributed by atoms with Gasteiger partial charge in [-0.1, -0.05) is 22.0 Å². The Labute approximate surface area is 133 Å². The largest absolute Gasteiger partial charge is 0.483 e. The fourth-order valence-electron chi connectivity index (χ4n) is 3.24. The van der Waals surface area contributed by atoms with Crippen molar-refractivity contribution in [3.8, 4) is 0 Å². The molecule has 3 rings (SSSR count). The minimum atomic E-state index is -0.294. The normalized spacial score (nSPS) is 23.5. The molecule has 1 atom stereocenters. The molecule has 0 fully saturated rings. The van der Waals surface area contributed by atoms with Crippen LogP contribution in [0, 0.1) is 5.82 Å². The molecule has 1 aliphatic carbocycles. The van der Waals surface area contributed by atoms with E-state index in [-0.39, 0.29) is 17.3 Å². The van der Waals surface area contributed by atoms with Gasteiger partial charge in [0.15, 0.2) is 0 Å². The second kappa shape index (κ2) is 5.13. The minimum Gasteiger partial charge on any atom is -0.483 e. The first-order valence-corrected chi connectivity index (χ1v) is 7.90. The van der Waals surface area contributed by atoms with Crippen molar-refractivity contribution in [2.45, 2.75) is 38.7 Å². The van der Waals surface area contributed by atoms with Gasteiger partial charge in [0.1, 0.15) is 17.2 Å². The van der Waals surface area contributed by atoms with Crippen LogP contribution in [-0.4, -0.2) is 5.60 Å². The number of allylic oxidation sites excluding steroid dienone is 4. The van der Waals surface area contributed by atoms with Crippen LogP contribution in [0.3, 0.4) is 0 Å². The maximum absolute atomic E-state index is 13.7. The van der Waals surface area contributed by atoms with Crippen LogP contribution in [0.4, 0.5) is 4.39 Å². The second-order valence-corrected chi connectivity index (χ2v) is 7.12. The van der Waals surface area contributed by atoms with E-state index in [1.54, 1.807) is 6.07 Å². The summed E-state index contributed by atoms with van der Waals surface area (Å²) in [6.45, 7) is 6.22.